The van der Waals surface area contributed by atoms with Crippen LogP contribution in [0, 0.1) is 0 Å². The van der Waals surface area contributed by atoms with E-state index in [0.717, 1.165) is 12.2 Å². The molecule has 0 aliphatic heterocycles. The first-order valence-electron chi connectivity index (χ1n) is 8.42. The topological polar surface area (TPSA) is 112 Å². The molecule has 4 rings (SSSR count). The third-order valence-electron chi connectivity index (χ3n) is 3.88. The molecule has 0 atom stereocenters. The van der Waals surface area contributed by atoms with Gasteiger partial charge in [-0.15, -0.1) is 0 Å². The number of nitrogens with one attached hydrogen (secondary N) is 1. The fourth-order valence-corrected chi connectivity index (χ4v) is 2.55. The predicted octanol–water partition coefficient (Wildman–Crippen LogP) is 2.84. The number of nitrogens with two attached hydrogens (primary N) is 1. The van der Waals surface area contributed by atoms with Gasteiger partial charge in [0.15, 0.2) is 11.5 Å². The highest BCUT2D eigenvalue weighted by Crippen LogP contribution is 2.20. The van der Waals surface area contributed by atoms with Crippen LogP contribution in [0.25, 0.3) is 11.2 Å². The zero-order valence-electron chi connectivity index (χ0n) is 14.4. The lowest BCUT2D eigenvalue weighted by atomic mass is 10.1. The minimum Gasteiger partial charge on any atom is -0.439 e. The Hall–Kier alpha value is -3.81. The monoisotopic (exact) mass is 359 g/mol. The Bertz CT molecular complexity index is 1030. The number of aromatic nitrogens is 5. The SMILES string of the molecule is Nc1ccc(Oc2ccc(CCNc3ncnc4nccnc34)cc2)nc1. The van der Waals surface area contributed by atoms with Crippen LogP contribution in [0.4, 0.5) is 11.5 Å². The smallest absolute Gasteiger partial charge is 0.219 e. The highest BCUT2D eigenvalue weighted by atomic mass is 16.5. The normalized spacial score (nSPS) is 10.7. The van der Waals surface area contributed by atoms with Crippen molar-refractivity contribution in [2.75, 3.05) is 17.6 Å². The van der Waals surface area contributed by atoms with Gasteiger partial charge in [0, 0.05) is 25.0 Å². The first kappa shape index (κ1) is 16.6. The first-order valence-corrected chi connectivity index (χ1v) is 8.42. The second-order valence-corrected chi connectivity index (χ2v) is 5.80. The molecule has 0 fully saturated rings. The molecule has 0 bridgehead atoms. The Kier molecular flexibility index (Phi) is 4.69. The van der Waals surface area contributed by atoms with Crippen molar-refractivity contribution >= 4 is 22.7 Å². The summed E-state index contributed by atoms with van der Waals surface area (Å²) in [6, 6.07) is 11.4. The number of ether oxygens (including phenoxy) is 1. The molecular formula is C19H17N7O. The largest absolute Gasteiger partial charge is 0.439 e. The summed E-state index contributed by atoms with van der Waals surface area (Å²) in [6.45, 7) is 0.711. The number of fused-ring (bicyclic) bond motifs is 1. The zero-order chi connectivity index (χ0) is 18.5. The van der Waals surface area contributed by atoms with Crippen LogP contribution in [-0.2, 0) is 6.42 Å². The Balaban J connectivity index is 1.35. The van der Waals surface area contributed by atoms with Gasteiger partial charge in [-0.05, 0) is 30.2 Å². The van der Waals surface area contributed by atoms with Gasteiger partial charge in [0.05, 0.1) is 11.9 Å². The van der Waals surface area contributed by atoms with E-state index in [-0.39, 0.29) is 0 Å². The van der Waals surface area contributed by atoms with Gasteiger partial charge in [-0.1, -0.05) is 12.1 Å². The van der Waals surface area contributed by atoms with Gasteiger partial charge in [0.25, 0.3) is 0 Å². The van der Waals surface area contributed by atoms with Gasteiger partial charge in [-0.3, -0.25) is 0 Å². The summed E-state index contributed by atoms with van der Waals surface area (Å²) >= 11 is 0. The highest BCUT2D eigenvalue weighted by Gasteiger charge is 2.05. The van der Waals surface area contributed by atoms with Crippen LogP contribution in [0.5, 0.6) is 11.6 Å². The van der Waals surface area contributed by atoms with Crippen LogP contribution < -0.4 is 15.8 Å². The molecule has 4 aromatic rings. The molecule has 0 saturated carbocycles. The summed E-state index contributed by atoms with van der Waals surface area (Å²) in [7, 11) is 0. The van der Waals surface area contributed by atoms with Crippen LogP contribution in [0.2, 0.25) is 0 Å². The van der Waals surface area contributed by atoms with Crippen molar-refractivity contribution in [1.82, 2.24) is 24.9 Å². The fourth-order valence-electron chi connectivity index (χ4n) is 2.55. The number of hydrogen-bond acceptors (Lipinski definition) is 8. The van der Waals surface area contributed by atoms with Crippen molar-refractivity contribution in [2.45, 2.75) is 6.42 Å². The molecule has 3 heterocycles. The van der Waals surface area contributed by atoms with E-state index in [1.807, 2.05) is 24.3 Å². The molecule has 0 saturated heterocycles. The Labute approximate surface area is 155 Å². The van der Waals surface area contributed by atoms with Gasteiger partial charge in [-0.25, -0.2) is 24.9 Å². The molecule has 8 nitrogen and oxygen atoms in total. The maximum atomic E-state index is 5.70. The molecule has 134 valence electrons. The van der Waals surface area contributed by atoms with Crippen LogP contribution in [0.3, 0.4) is 0 Å². The second-order valence-electron chi connectivity index (χ2n) is 5.80. The number of hydrogen-bond donors (Lipinski definition) is 2. The average Bonchev–Trinajstić information content (AvgIpc) is 2.71. The standard InChI is InChI=1S/C19H17N7O/c20-14-3-6-16(24-11-14)27-15-4-1-13(2-5-15)7-8-22-18-17-19(26-12-25-18)23-10-9-21-17/h1-6,9-12H,7-8,20H2,(H,22,23,25,26). The van der Waals surface area contributed by atoms with E-state index in [2.05, 4.69) is 30.2 Å². The molecule has 0 aliphatic rings. The number of nitrogens with zero attached hydrogens (tertiary/aromatic N) is 5. The predicted molar refractivity (Wildman–Crippen MR) is 102 cm³/mol. The summed E-state index contributed by atoms with van der Waals surface area (Å²) in [5, 5.41) is 3.29. The molecule has 1 aromatic carbocycles. The molecule has 3 N–H and O–H groups in total. The lowest BCUT2D eigenvalue weighted by Gasteiger charge is -2.08. The van der Waals surface area contributed by atoms with E-state index in [9.17, 15) is 0 Å². The van der Waals surface area contributed by atoms with Gasteiger partial charge < -0.3 is 15.8 Å². The van der Waals surface area contributed by atoms with E-state index in [0.29, 0.717) is 35.1 Å². The van der Waals surface area contributed by atoms with Crippen molar-refractivity contribution in [3.05, 3.63) is 66.9 Å². The molecule has 0 spiro atoms. The third-order valence-corrected chi connectivity index (χ3v) is 3.88. The fraction of sp³-hybridized carbons (Fsp3) is 0.105. The Morgan fingerprint density at radius 1 is 0.889 bits per heavy atom. The van der Waals surface area contributed by atoms with Crippen molar-refractivity contribution in [2.24, 2.45) is 0 Å². The number of rotatable bonds is 6. The summed E-state index contributed by atoms with van der Waals surface area (Å²) in [5.74, 6) is 1.92. The van der Waals surface area contributed by atoms with Crippen molar-refractivity contribution in [1.29, 1.82) is 0 Å². The van der Waals surface area contributed by atoms with Gasteiger partial charge >= 0.3 is 0 Å². The second kappa shape index (κ2) is 7.61. The van der Waals surface area contributed by atoms with Crippen LogP contribution in [-0.4, -0.2) is 31.5 Å². The van der Waals surface area contributed by atoms with Gasteiger partial charge in [0.1, 0.15) is 17.6 Å². The summed E-state index contributed by atoms with van der Waals surface area (Å²) < 4.78 is 5.70. The minimum absolute atomic E-state index is 0.510. The van der Waals surface area contributed by atoms with Gasteiger partial charge in [0.2, 0.25) is 5.88 Å². The Morgan fingerprint density at radius 3 is 2.56 bits per heavy atom. The van der Waals surface area contributed by atoms with Crippen LogP contribution in [0.1, 0.15) is 5.56 Å². The summed E-state index contributed by atoms with van der Waals surface area (Å²) in [4.78, 5) is 20.9. The lowest BCUT2D eigenvalue weighted by molar-refractivity contribution is 0.463. The molecule has 0 unspecified atom stereocenters. The molecule has 8 heteroatoms. The van der Waals surface area contributed by atoms with E-state index < -0.39 is 0 Å². The van der Waals surface area contributed by atoms with E-state index in [1.165, 1.54) is 11.9 Å². The molecule has 3 aromatic heterocycles. The molecular weight excluding hydrogens is 342 g/mol. The number of nitrogen functional groups attached to an aromatic ring is 1. The third kappa shape index (κ3) is 4.06. The summed E-state index contributed by atoms with van der Waals surface area (Å²) in [5.41, 5.74) is 8.64. The van der Waals surface area contributed by atoms with Gasteiger partial charge in [-0.2, -0.15) is 0 Å². The first-order chi connectivity index (χ1) is 13.3. The molecule has 0 amide bonds. The lowest BCUT2D eigenvalue weighted by Crippen LogP contribution is -2.08. The molecule has 0 aliphatic carbocycles. The van der Waals surface area contributed by atoms with E-state index in [4.69, 9.17) is 10.5 Å². The zero-order valence-corrected chi connectivity index (χ0v) is 14.4. The Morgan fingerprint density at radius 2 is 1.74 bits per heavy atom. The highest BCUT2D eigenvalue weighted by molar-refractivity contribution is 5.81. The van der Waals surface area contributed by atoms with Crippen molar-refractivity contribution in [3.8, 4) is 11.6 Å². The average molecular weight is 359 g/mol. The molecule has 27 heavy (non-hydrogen) atoms. The van der Waals surface area contributed by atoms with E-state index >= 15 is 0 Å². The van der Waals surface area contributed by atoms with Crippen LogP contribution >= 0.6 is 0 Å². The number of pyridine rings is 1. The quantitative estimate of drug-likeness (QED) is 0.540. The maximum Gasteiger partial charge on any atom is 0.219 e. The van der Waals surface area contributed by atoms with Crippen molar-refractivity contribution in [3.63, 3.8) is 0 Å². The minimum atomic E-state index is 0.510. The van der Waals surface area contributed by atoms with Crippen molar-refractivity contribution < 1.29 is 4.74 Å². The number of anilines is 2. The molecule has 0 radical (unpaired) electrons. The maximum absolute atomic E-state index is 5.70. The number of benzene rings is 1. The van der Waals surface area contributed by atoms with E-state index in [1.54, 1.807) is 30.7 Å². The summed E-state index contributed by atoms with van der Waals surface area (Å²) in [6.07, 6.45) is 7.12. The van der Waals surface area contributed by atoms with Crippen LogP contribution in [0.15, 0.2) is 61.3 Å².